The van der Waals surface area contributed by atoms with Crippen LogP contribution >= 0.6 is 0 Å². The van der Waals surface area contributed by atoms with Gasteiger partial charge in [0.15, 0.2) is 5.82 Å². The van der Waals surface area contributed by atoms with E-state index in [0.717, 1.165) is 12.2 Å². The van der Waals surface area contributed by atoms with E-state index < -0.39 is 28.7 Å². The maximum Gasteiger partial charge on any atom is 0.343 e. The molecule has 0 radical (unpaired) electrons. The van der Waals surface area contributed by atoms with Gasteiger partial charge >= 0.3 is 11.9 Å². The Labute approximate surface area is 189 Å². The quantitative estimate of drug-likeness (QED) is 0.434. The Balaban J connectivity index is 2.49. The van der Waals surface area contributed by atoms with Gasteiger partial charge in [-0.25, -0.2) is 14.6 Å². The highest BCUT2D eigenvalue weighted by Crippen LogP contribution is 2.30. The molecule has 0 aliphatic carbocycles. The monoisotopic (exact) mass is 442 g/mol. The number of hydrogen-bond acceptors (Lipinski definition) is 8. The highest BCUT2D eigenvalue weighted by molar-refractivity contribution is 6.06. The standard InChI is InChI=1S/C24H34N4O4/c1-8-26-18-13-10-14-27-19(18)28-17-12-9-11-16(15-17)24(25,20(29)31-22(2,3)4)21(30)32-23(5,6)7/h9-15,26H,8,25H2,1-7H3,(H,27,28). The molecule has 1 aromatic carbocycles. The number of aromatic nitrogens is 1. The van der Waals surface area contributed by atoms with Crippen molar-refractivity contribution in [1.82, 2.24) is 4.98 Å². The molecule has 0 atom stereocenters. The van der Waals surface area contributed by atoms with Gasteiger partial charge in [0.25, 0.3) is 0 Å². The van der Waals surface area contributed by atoms with Gasteiger partial charge in [-0.05, 0) is 78.3 Å². The summed E-state index contributed by atoms with van der Waals surface area (Å²) in [5.74, 6) is -1.17. The lowest BCUT2D eigenvalue weighted by Gasteiger charge is -2.32. The predicted molar refractivity (Wildman–Crippen MR) is 126 cm³/mol. The minimum Gasteiger partial charge on any atom is -0.458 e. The second-order valence-corrected chi connectivity index (χ2v) is 9.45. The van der Waals surface area contributed by atoms with Crippen LogP contribution in [0, 0.1) is 0 Å². The van der Waals surface area contributed by atoms with Crippen molar-refractivity contribution in [3.05, 3.63) is 48.2 Å². The number of ether oxygens (including phenoxy) is 2. The van der Waals surface area contributed by atoms with Crippen molar-refractivity contribution in [3.8, 4) is 0 Å². The number of rotatable bonds is 7. The van der Waals surface area contributed by atoms with Crippen LogP contribution in [0.25, 0.3) is 0 Å². The average molecular weight is 443 g/mol. The van der Waals surface area contributed by atoms with Crippen LogP contribution in [0.5, 0.6) is 0 Å². The molecule has 2 aromatic rings. The van der Waals surface area contributed by atoms with Crippen LogP contribution in [-0.4, -0.2) is 34.7 Å². The third-order valence-corrected chi connectivity index (χ3v) is 4.20. The van der Waals surface area contributed by atoms with E-state index in [1.165, 1.54) is 0 Å². The normalized spacial score (nSPS) is 12.1. The molecule has 1 heterocycles. The molecule has 8 heteroatoms. The van der Waals surface area contributed by atoms with Gasteiger partial charge in [-0.15, -0.1) is 0 Å². The molecule has 0 saturated heterocycles. The Kier molecular flexibility index (Phi) is 7.51. The fourth-order valence-electron chi connectivity index (χ4n) is 2.85. The molecule has 0 spiro atoms. The van der Waals surface area contributed by atoms with Crippen molar-refractivity contribution in [2.75, 3.05) is 17.2 Å². The van der Waals surface area contributed by atoms with Gasteiger partial charge in [0.1, 0.15) is 11.2 Å². The summed E-state index contributed by atoms with van der Waals surface area (Å²) in [6.45, 7) is 13.0. The third kappa shape index (κ3) is 6.43. The number of carbonyl (C=O) groups is 2. The zero-order valence-corrected chi connectivity index (χ0v) is 19.9. The summed E-state index contributed by atoms with van der Waals surface area (Å²) in [5, 5.41) is 6.44. The van der Waals surface area contributed by atoms with Gasteiger partial charge in [-0.1, -0.05) is 12.1 Å². The van der Waals surface area contributed by atoms with Crippen molar-refractivity contribution in [2.45, 2.75) is 65.2 Å². The van der Waals surface area contributed by atoms with E-state index in [2.05, 4.69) is 15.6 Å². The molecule has 8 nitrogen and oxygen atoms in total. The first-order chi connectivity index (χ1) is 14.8. The van der Waals surface area contributed by atoms with E-state index in [4.69, 9.17) is 15.2 Å². The van der Waals surface area contributed by atoms with Gasteiger partial charge in [0, 0.05) is 18.4 Å². The molecule has 1 aromatic heterocycles. The zero-order chi connectivity index (χ0) is 24.2. The molecular weight excluding hydrogens is 408 g/mol. The highest BCUT2D eigenvalue weighted by Gasteiger charge is 2.49. The first-order valence-corrected chi connectivity index (χ1v) is 10.6. The van der Waals surface area contributed by atoms with E-state index in [0.29, 0.717) is 11.5 Å². The molecule has 0 amide bonds. The van der Waals surface area contributed by atoms with Crippen LogP contribution in [-0.2, 0) is 24.6 Å². The summed E-state index contributed by atoms with van der Waals surface area (Å²) in [4.78, 5) is 30.6. The summed E-state index contributed by atoms with van der Waals surface area (Å²) < 4.78 is 11.0. The number of benzene rings is 1. The summed E-state index contributed by atoms with van der Waals surface area (Å²) in [7, 11) is 0. The molecule has 0 unspecified atom stereocenters. The van der Waals surface area contributed by atoms with E-state index in [-0.39, 0.29) is 5.56 Å². The molecule has 4 N–H and O–H groups in total. The van der Waals surface area contributed by atoms with Crippen molar-refractivity contribution >= 4 is 29.1 Å². The first-order valence-electron chi connectivity index (χ1n) is 10.6. The second kappa shape index (κ2) is 9.56. The molecule has 32 heavy (non-hydrogen) atoms. The van der Waals surface area contributed by atoms with Crippen LogP contribution in [0.3, 0.4) is 0 Å². The van der Waals surface area contributed by atoms with Crippen molar-refractivity contribution < 1.29 is 19.1 Å². The van der Waals surface area contributed by atoms with Crippen LogP contribution in [0.15, 0.2) is 42.6 Å². The minimum absolute atomic E-state index is 0.243. The van der Waals surface area contributed by atoms with Crippen LogP contribution in [0.1, 0.15) is 54.0 Å². The van der Waals surface area contributed by atoms with E-state index >= 15 is 0 Å². The lowest BCUT2D eigenvalue weighted by molar-refractivity contribution is -0.177. The summed E-state index contributed by atoms with van der Waals surface area (Å²) in [6.07, 6.45) is 1.67. The number of hydrogen-bond donors (Lipinski definition) is 3. The average Bonchev–Trinajstić information content (AvgIpc) is 2.66. The number of nitrogens with two attached hydrogens (primary N) is 1. The van der Waals surface area contributed by atoms with Crippen LogP contribution in [0.2, 0.25) is 0 Å². The molecule has 0 saturated carbocycles. The van der Waals surface area contributed by atoms with Crippen molar-refractivity contribution in [1.29, 1.82) is 0 Å². The zero-order valence-electron chi connectivity index (χ0n) is 19.9. The largest absolute Gasteiger partial charge is 0.458 e. The highest BCUT2D eigenvalue weighted by atomic mass is 16.6. The topological polar surface area (TPSA) is 116 Å². The molecule has 0 fully saturated rings. The smallest absolute Gasteiger partial charge is 0.343 e. The summed E-state index contributed by atoms with van der Waals surface area (Å²) >= 11 is 0. The summed E-state index contributed by atoms with van der Waals surface area (Å²) in [5.41, 5.74) is 4.29. The lowest BCUT2D eigenvalue weighted by Crippen LogP contribution is -2.56. The summed E-state index contributed by atoms with van der Waals surface area (Å²) in [6, 6.07) is 10.4. The Bertz CT molecular complexity index is 933. The number of nitrogens with zero attached hydrogens (tertiary/aromatic N) is 1. The Morgan fingerprint density at radius 3 is 2.09 bits per heavy atom. The fraction of sp³-hybridized carbons (Fsp3) is 0.458. The number of nitrogens with one attached hydrogen (secondary N) is 2. The number of anilines is 3. The van der Waals surface area contributed by atoms with Crippen LogP contribution in [0.4, 0.5) is 17.2 Å². The molecule has 2 rings (SSSR count). The van der Waals surface area contributed by atoms with Crippen molar-refractivity contribution in [3.63, 3.8) is 0 Å². The number of pyridine rings is 1. The van der Waals surface area contributed by atoms with Gasteiger partial charge < -0.3 is 25.8 Å². The molecule has 0 bridgehead atoms. The Hall–Kier alpha value is -3.13. The number of esters is 2. The van der Waals surface area contributed by atoms with Gasteiger partial charge in [-0.3, -0.25) is 0 Å². The third-order valence-electron chi connectivity index (χ3n) is 4.20. The lowest BCUT2D eigenvalue weighted by atomic mass is 9.90. The molecule has 0 aliphatic rings. The van der Waals surface area contributed by atoms with Gasteiger partial charge in [0.05, 0.1) is 5.69 Å². The van der Waals surface area contributed by atoms with Gasteiger partial charge in [0.2, 0.25) is 5.54 Å². The van der Waals surface area contributed by atoms with Crippen molar-refractivity contribution in [2.24, 2.45) is 5.73 Å². The molecule has 174 valence electrons. The molecular formula is C24H34N4O4. The van der Waals surface area contributed by atoms with Crippen LogP contribution < -0.4 is 16.4 Å². The Morgan fingerprint density at radius 2 is 1.56 bits per heavy atom. The molecule has 0 aliphatic heterocycles. The maximum absolute atomic E-state index is 13.1. The number of carbonyl (C=O) groups excluding carboxylic acids is 2. The first kappa shape index (κ1) is 25.1. The maximum atomic E-state index is 13.1. The van der Waals surface area contributed by atoms with E-state index in [1.54, 1.807) is 72.0 Å². The van der Waals surface area contributed by atoms with E-state index in [9.17, 15) is 9.59 Å². The van der Waals surface area contributed by atoms with E-state index in [1.807, 2.05) is 19.1 Å². The SMILES string of the molecule is CCNc1cccnc1Nc1cccc(C(N)(C(=O)OC(C)(C)C)C(=O)OC(C)(C)C)c1. The Morgan fingerprint density at radius 1 is 0.969 bits per heavy atom. The fourth-order valence-corrected chi connectivity index (χ4v) is 2.85. The minimum atomic E-state index is -2.15. The second-order valence-electron chi connectivity index (χ2n) is 9.45. The predicted octanol–water partition coefficient (Wildman–Crippen LogP) is 4.09. The van der Waals surface area contributed by atoms with Gasteiger partial charge in [-0.2, -0.15) is 0 Å².